The smallest absolute Gasteiger partial charge is 0.252 e. The molecule has 0 radical (unpaired) electrons. The van der Waals surface area contributed by atoms with E-state index in [9.17, 15) is 9.59 Å². The number of rotatable bonds is 4. The van der Waals surface area contributed by atoms with Gasteiger partial charge in [-0.25, -0.2) is 0 Å². The fourth-order valence-corrected chi connectivity index (χ4v) is 3.31. The van der Waals surface area contributed by atoms with Gasteiger partial charge in [-0.05, 0) is 51.0 Å². The van der Waals surface area contributed by atoms with Gasteiger partial charge >= 0.3 is 0 Å². The molecule has 5 nitrogen and oxygen atoms in total. The molecule has 0 spiro atoms. The highest BCUT2D eigenvalue weighted by Crippen LogP contribution is 2.22. The van der Waals surface area contributed by atoms with Gasteiger partial charge in [0.2, 0.25) is 5.91 Å². The number of anilines is 1. The van der Waals surface area contributed by atoms with Crippen LogP contribution in [0.25, 0.3) is 10.9 Å². The quantitative estimate of drug-likeness (QED) is 0.742. The van der Waals surface area contributed by atoms with Crippen LogP contribution in [-0.4, -0.2) is 23.3 Å². The van der Waals surface area contributed by atoms with E-state index in [0.29, 0.717) is 5.56 Å². The lowest BCUT2D eigenvalue weighted by atomic mass is 10.1. The number of para-hydroxylation sites is 1. The number of aromatic nitrogens is 1. The largest absolute Gasteiger partial charge is 0.343 e. The van der Waals surface area contributed by atoms with Crippen LogP contribution in [0.2, 0.25) is 0 Å². The molecule has 0 fully saturated rings. The van der Waals surface area contributed by atoms with Crippen molar-refractivity contribution in [2.24, 2.45) is 0 Å². The number of nitrogens with zero attached hydrogens (tertiary/aromatic N) is 1. The first kappa shape index (κ1) is 18.6. The van der Waals surface area contributed by atoms with E-state index in [0.717, 1.165) is 39.0 Å². The lowest BCUT2D eigenvalue weighted by molar-refractivity contribution is -0.115. The van der Waals surface area contributed by atoms with Crippen molar-refractivity contribution in [1.82, 2.24) is 10.3 Å². The summed E-state index contributed by atoms with van der Waals surface area (Å²) in [5, 5.41) is 6.37. The number of carbonyl (C=O) groups is 2. The third-order valence-electron chi connectivity index (χ3n) is 4.44. The number of amides is 2. The molecule has 2 N–H and O–H groups in total. The van der Waals surface area contributed by atoms with E-state index in [1.807, 2.05) is 64.1 Å². The first-order valence-corrected chi connectivity index (χ1v) is 8.87. The van der Waals surface area contributed by atoms with Crippen molar-refractivity contribution in [3.05, 3.63) is 70.4 Å². The maximum Gasteiger partial charge on any atom is 0.252 e. The zero-order valence-electron chi connectivity index (χ0n) is 16.0. The van der Waals surface area contributed by atoms with Gasteiger partial charge in [-0.1, -0.05) is 35.9 Å². The van der Waals surface area contributed by atoms with Crippen LogP contribution in [0.4, 0.5) is 5.69 Å². The topological polar surface area (TPSA) is 71.1 Å². The Bertz CT molecular complexity index is 1020. The molecule has 0 aliphatic rings. The van der Waals surface area contributed by atoms with Gasteiger partial charge in [0.15, 0.2) is 0 Å². The fourth-order valence-electron chi connectivity index (χ4n) is 3.31. The molecule has 0 aliphatic carbocycles. The van der Waals surface area contributed by atoms with Crippen LogP contribution in [0.3, 0.4) is 0 Å². The third kappa shape index (κ3) is 4.14. The van der Waals surface area contributed by atoms with Crippen molar-refractivity contribution in [2.75, 3.05) is 11.9 Å². The normalized spacial score (nSPS) is 10.7. The minimum atomic E-state index is -0.288. The Labute approximate surface area is 158 Å². The van der Waals surface area contributed by atoms with Gasteiger partial charge < -0.3 is 10.6 Å². The molecule has 0 saturated heterocycles. The first-order valence-electron chi connectivity index (χ1n) is 8.87. The zero-order valence-corrected chi connectivity index (χ0v) is 16.0. The van der Waals surface area contributed by atoms with Gasteiger partial charge in [0.25, 0.3) is 5.91 Å². The predicted molar refractivity (Wildman–Crippen MR) is 108 cm³/mol. The molecule has 0 saturated carbocycles. The highest BCUT2D eigenvalue weighted by molar-refractivity contribution is 6.07. The number of pyridine rings is 1. The Balaban J connectivity index is 1.72. The number of carbonyl (C=O) groups excluding carboxylic acids is 2. The number of benzene rings is 2. The number of hydrogen-bond donors (Lipinski definition) is 2. The molecule has 0 aliphatic heterocycles. The van der Waals surface area contributed by atoms with Crippen LogP contribution in [0.15, 0.2) is 42.5 Å². The van der Waals surface area contributed by atoms with Crippen molar-refractivity contribution in [3.8, 4) is 0 Å². The third-order valence-corrected chi connectivity index (χ3v) is 4.44. The molecule has 0 bridgehead atoms. The number of nitrogens with one attached hydrogen (secondary N) is 2. The Hall–Kier alpha value is -3.21. The number of aryl methyl sites for hydroxylation is 4. The second kappa shape index (κ2) is 7.58. The first-order chi connectivity index (χ1) is 12.8. The second-order valence-corrected chi connectivity index (χ2v) is 6.83. The van der Waals surface area contributed by atoms with Crippen LogP contribution >= 0.6 is 0 Å². The molecule has 27 heavy (non-hydrogen) atoms. The molecule has 2 aromatic carbocycles. The van der Waals surface area contributed by atoms with Gasteiger partial charge in [0, 0.05) is 16.8 Å². The average Bonchev–Trinajstić information content (AvgIpc) is 2.62. The summed E-state index contributed by atoms with van der Waals surface area (Å²) in [6, 6.07) is 13.3. The standard InChI is InChI=1S/C22H23N3O2/c1-13-9-14(2)21(15(3)10-13)25-20(26)12-23-22(27)18-11-16(4)24-19-8-6-5-7-17(18)19/h5-11H,12H2,1-4H3,(H,23,27)(H,25,26). The molecular weight excluding hydrogens is 338 g/mol. The molecule has 2 amide bonds. The molecule has 1 heterocycles. The van der Waals surface area contributed by atoms with Crippen LogP contribution in [0, 0.1) is 27.7 Å². The van der Waals surface area contributed by atoms with E-state index in [4.69, 9.17) is 0 Å². The van der Waals surface area contributed by atoms with Crippen molar-refractivity contribution < 1.29 is 9.59 Å². The van der Waals surface area contributed by atoms with Crippen LogP contribution in [0.1, 0.15) is 32.7 Å². The minimum absolute atomic E-state index is 0.0959. The average molecular weight is 361 g/mol. The Morgan fingerprint density at radius 2 is 1.63 bits per heavy atom. The van der Waals surface area contributed by atoms with Gasteiger partial charge in [-0.3, -0.25) is 14.6 Å². The monoisotopic (exact) mass is 361 g/mol. The summed E-state index contributed by atoms with van der Waals surface area (Å²) in [5.74, 6) is -0.544. The molecular formula is C22H23N3O2. The van der Waals surface area contributed by atoms with Gasteiger partial charge in [-0.15, -0.1) is 0 Å². The van der Waals surface area contributed by atoms with Gasteiger partial charge in [-0.2, -0.15) is 0 Å². The van der Waals surface area contributed by atoms with E-state index < -0.39 is 0 Å². The molecule has 0 atom stereocenters. The van der Waals surface area contributed by atoms with E-state index in [1.54, 1.807) is 6.07 Å². The maximum atomic E-state index is 12.6. The molecule has 3 aromatic rings. The highest BCUT2D eigenvalue weighted by atomic mass is 16.2. The number of hydrogen-bond acceptors (Lipinski definition) is 3. The Kier molecular flexibility index (Phi) is 5.21. The van der Waals surface area contributed by atoms with Crippen LogP contribution < -0.4 is 10.6 Å². The van der Waals surface area contributed by atoms with Crippen LogP contribution in [-0.2, 0) is 4.79 Å². The van der Waals surface area contributed by atoms with Crippen LogP contribution in [0.5, 0.6) is 0 Å². The van der Waals surface area contributed by atoms with Crippen molar-refractivity contribution in [3.63, 3.8) is 0 Å². The second-order valence-electron chi connectivity index (χ2n) is 6.83. The zero-order chi connectivity index (χ0) is 19.6. The summed E-state index contributed by atoms with van der Waals surface area (Å²) in [6.45, 7) is 7.69. The summed E-state index contributed by atoms with van der Waals surface area (Å²) in [6.07, 6.45) is 0. The summed E-state index contributed by atoms with van der Waals surface area (Å²) >= 11 is 0. The summed E-state index contributed by atoms with van der Waals surface area (Å²) in [7, 11) is 0. The van der Waals surface area contributed by atoms with E-state index >= 15 is 0 Å². The molecule has 3 rings (SSSR count). The highest BCUT2D eigenvalue weighted by Gasteiger charge is 2.14. The van der Waals surface area contributed by atoms with Crippen molar-refractivity contribution in [2.45, 2.75) is 27.7 Å². The molecule has 5 heteroatoms. The summed E-state index contributed by atoms with van der Waals surface area (Å²) in [4.78, 5) is 29.4. The molecule has 1 aromatic heterocycles. The minimum Gasteiger partial charge on any atom is -0.343 e. The number of fused-ring (bicyclic) bond motifs is 1. The summed E-state index contributed by atoms with van der Waals surface area (Å²) in [5.41, 5.74) is 5.99. The fraction of sp³-hybridized carbons (Fsp3) is 0.227. The lowest BCUT2D eigenvalue weighted by Gasteiger charge is -2.13. The summed E-state index contributed by atoms with van der Waals surface area (Å²) < 4.78 is 0. The van der Waals surface area contributed by atoms with E-state index in [1.165, 1.54) is 0 Å². The van der Waals surface area contributed by atoms with Crippen molar-refractivity contribution >= 4 is 28.4 Å². The molecule has 138 valence electrons. The Morgan fingerprint density at radius 3 is 2.33 bits per heavy atom. The van der Waals surface area contributed by atoms with Gasteiger partial charge in [0.05, 0.1) is 17.6 Å². The van der Waals surface area contributed by atoms with E-state index in [2.05, 4.69) is 15.6 Å². The maximum absolute atomic E-state index is 12.6. The van der Waals surface area contributed by atoms with Crippen molar-refractivity contribution in [1.29, 1.82) is 0 Å². The van der Waals surface area contributed by atoms with Gasteiger partial charge in [0.1, 0.15) is 0 Å². The molecule has 0 unspecified atom stereocenters. The Morgan fingerprint density at radius 1 is 0.963 bits per heavy atom. The van der Waals surface area contributed by atoms with E-state index in [-0.39, 0.29) is 18.4 Å². The lowest BCUT2D eigenvalue weighted by Crippen LogP contribution is -2.33. The SMILES string of the molecule is Cc1cc(C)c(NC(=O)CNC(=O)c2cc(C)nc3ccccc23)c(C)c1. The predicted octanol–water partition coefficient (Wildman–Crippen LogP) is 3.84.